The van der Waals surface area contributed by atoms with E-state index >= 15 is 0 Å². The molecule has 1 heterocycles. The highest BCUT2D eigenvalue weighted by Crippen LogP contribution is 2.24. The molecule has 1 aliphatic rings. The number of hydrogen-bond donors (Lipinski definition) is 2. The van der Waals surface area contributed by atoms with Crippen LogP contribution in [0.15, 0.2) is 63.2 Å². The zero-order valence-electron chi connectivity index (χ0n) is 12.5. The Kier molecular flexibility index (Phi) is 5.32. The number of carbonyl (C=O) groups excluding carboxylic acids is 1. The first kappa shape index (κ1) is 16.7. The molecule has 0 bridgehead atoms. The second kappa shape index (κ2) is 7.63. The number of rotatable bonds is 4. The second-order valence-corrected chi connectivity index (χ2v) is 7.24. The highest BCUT2D eigenvalue weighted by molar-refractivity contribution is 9.10. The summed E-state index contributed by atoms with van der Waals surface area (Å²) in [5.41, 5.74) is 1.66. The van der Waals surface area contributed by atoms with Crippen LogP contribution < -0.4 is 5.32 Å². The number of aromatic hydroxyl groups is 1. The van der Waals surface area contributed by atoms with Gasteiger partial charge in [0.1, 0.15) is 5.75 Å². The number of nitrogens with zero attached hydrogens (tertiary/aromatic N) is 2. The number of amidine groups is 1. The first-order valence-electron chi connectivity index (χ1n) is 7.23. The monoisotopic (exact) mass is 403 g/mol. The van der Waals surface area contributed by atoms with E-state index in [1.54, 1.807) is 24.3 Å². The van der Waals surface area contributed by atoms with Gasteiger partial charge < -0.3 is 10.4 Å². The molecule has 0 radical (unpaired) electrons. The molecule has 1 atom stereocenters. The van der Waals surface area contributed by atoms with Crippen molar-refractivity contribution in [3.05, 3.63) is 64.1 Å². The van der Waals surface area contributed by atoms with E-state index < -0.39 is 0 Å². The number of nitrogens with one attached hydrogen (secondary N) is 1. The highest BCUT2D eigenvalue weighted by atomic mass is 79.9. The molecule has 1 amide bonds. The normalized spacial score (nSPS) is 19.1. The average Bonchev–Trinajstić information content (AvgIpc) is 2.91. The van der Waals surface area contributed by atoms with Crippen LogP contribution in [0, 0.1) is 0 Å². The molecule has 0 aliphatic carbocycles. The number of phenols is 1. The molecular formula is C17H14BrN3O2S. The fraction of sp³-hybridized carbons (Fsp3) is 0.118. The average molecular weight is 404 g/mol. The van der Waals surface area contributed by atoms with Crippen molar-refractivity contribution in [1.29, 1.82) is 0 Å². The lowest BCUT2D eigenvalue weighted by Gasteiger charge is -2.05. The molecule has 24 heavy (non-hydrogen) atoms. The van der Waals surface area contributed by atoms with Crippen LogP contribution in [-0.2, 0) is 11.2 Å². The van der Waals surface area contributed by atoms with E-state index in [0.29, 0.717) is 17.2 Å². The zero-order valence-corrected chi connectivity index (χ0v) is 14.9. The molecule has 1 unspecified atom stereocenters. The highest BCUT2D eigenvalue weighted by Gasteiger charge is 2.30. The van der Waals surface area contributed by atoms with Crippen LogP contribution in [-0.4, -0.2) is 27.6 Å². The van der Waals surface area contributed by atoms with Crippen molar-refractivity contribution < 1.29 is 9.90 Å². The molecule has 1 fully saturated rings. The summed E-state index contributed by atoms with van der Waals surface area (Å²) in [4.78, 5) is 12.0. The molecule has 122 valence electrons. The molecule has 0 aromatic heterocycles. The summed E-state index contributed by atoms with van der Waals surface area (Å²) >= 11 is 4.75. The smallest absolute Gasteiger partial charge is 0.239 e. The third-order valence-corrected chi connectivity index (χ3v) is 4.99. The summed E-state index contributed by atoms with van der Waals surface area (Å²) in [7, 11) is 0. The quantitative estimate of drug-likeness (QED) is 0.607. The van der Waals surface area contributed by atoms with E-state index in [1.165, 1.54) is 18.0 Å². The Hall–Kier alpha value is -2.12. The van der Waals surface area contributed by atoms with Crippen LogP contribution in [0.5, 0.6) is 5.75 Å². The Balaban J connectivity index is 1.63. The number of thioether (sulfide) groups is 1. The summed E-state index contributed by atoms with van der Waals surface area (Å²) < 4.78 is 1.01. The van der Waals surface area contributed by atoms with Gasteiger partial charge in [-0.15, -0.1) is 5.10 Å². The lowest BCUT2D eigenvalue weighted by Crippen LogP contribution is -2.25. The van der Waals surface area contributed by atoms with E-state index in [2.05, 4.69) is 31.4 Å². The maximum atomic E-state index is 12.0. The van der Waals surface area contributed by atoms with Gasteiger partial charge in [0.2, 0.25) is 5.91 Å². The van der Waals surface area contributed by atoms with Gasteiger partial charge in [-0.25, -0.2) is 0 Å². The molecule has 2 aromatic rings. The molecule has 7 heteroatoms. The van der Waals surface area contributed by atoms with E-state index in [1.807, 2.05) is 24.3 Å². The Labute approximate surface area is 152 Å². The van der Waals surface area contributed by atoms with Crippen molar-refractivity contribution in [3.8, 4) is 5.75 Å². The maximum absolute atomic E-state index is 12.0. The number of halogens is 1. The minimum atomic E-state index is -0.217. The molecular weight excluding hydrogens is 390 g/mol. The lowest BCUT2D eigenvalue weighted by molar-refractivity contribution is -0.118. The van der Waals surface area contributed by atoms with Gasteiger partial charge in [0.15, 0.2) is 5.17 Å². The van der Waals surface area contributed by atoms with Crippen LogP contribution in [0.3, 0.4) is 0 Å². The Morgan fingerprint density at radius 3 is 2.71 bits per heavy atom. The van der Waals surface area contributed by atoms with Gasteiger partial charge in [-0.3, -0.25) is 4.79 Å². The number of amides is 1. The number of para-hydroxylation sites is 1. The van der Waals surface area contributed by atoms with E-state index in [9.17, 15) is 9.90 Å². The van der Waals surface area contributed by atoms with Crippen molar-refractivity contribution in [3.63, 3.8) is 0 Å². The largest absolute Gasteiger partial charge is 0.507 e. The molecule has 2 aromatic carbocycles. The summed E-state index contributed by atoms with van der Waals surface area (Å²) in [5.74, 6) is 0.0668. The summed E-state index contributed by atoms with van der Waals surface area (Å²) in [6, 6.07) is 14.7. The van der Waals surface area contributed by atoms with Gasteiger partial charge in [-0.05, 0) is 36.2 Å². The lowest BCUT2D eigenvalue weighted by atomic mass is 10.1. The van der Waals surface area contributed by atoms with Crippen LogP contribution >= 0.6 is 27.7 Å². The van der Waals surface area contributed by atoms with Gasteiger partial charge in [0.25, 0.3) is 0 Å². The van der Waals surface area contributed by atoms with Gasteiger partial charge in [-0.1, -0.05) is 52.0 Å². The van der Waals surface area contributed by atoms with E-state index in [0.717, 1.165) is 10.0 Å². The first-order chi connectivity index (χ1) is 11.6. The number of hydrogen-bond acceptors (Lipinski definition) is 5. The molecule has 1 aliphatic heterocycles. The second-order valence-electron chi connectivity index (χ2n) is 5.13. The standard InChI is InChI=1S/C17H14BrN3O2S/c18-13-7-5-11(6-8-13)9-15-16(23)20-17(24-15)21-19-10-12-3-1-2-4-14(12)22/h1-8,10,15,22H,9H2,(H,20,21,23). The Morgan fingerprint density at radius 2 is 1.96 bits per heavy atom. The molecule has 2 N–H and O–H groups in total. The summed E-state index contributed by atoms with van der Waals surface area (Å²) in [6.45, 7) is 0. The van der Waals surface area contributed by atoms with Gasteiger partial charge in [0.05, 0.1) is 11.5 Å². The fourth-order valence-electron chi connectivity index (χ4n) is 2.16. The van der Waals surface area contributed by atoms with Crippen molar-refractivity contribution in [1.82, 2.24) is 5.32 Å². The fourth-order valence-corrected chi connectivity index (χ4v) is 3.39. The SMILES string of the molecule is O=C1NC(=NN=Cc2ccccc2O)SC1Cc1ccc(Br)cc1. The van der Waals surface area contributed by atoms with Crippen molar-refractivity contribution >= 4 is 45.0 Å². The van der Waals surface area contributed by atoms with E-state index in [-0.39, 0.29) is 16.9 Å². The number of phenolic OH excluding ortho intramolecular Hbond substituents is 1. The van der Waals surface area contributed by atoms with Crippen LogP contribution in [0.4, 0.5) is 0 Å². The molecule has 0 spiro atoms. The number of carbonyl (C=O) groups is 1. The van der Waals surface area contributed by atoms with Gasteiger partial charge in [0, 0.05) is 10.0 Å². The molecule has 1 saturated heterocycles. The first-order valence-corrected chi connectivity index (χ1v) is 8.90. The van der Waals surface area contributed by atoms with Crippen LogP contribution in [0.1, 0.15) is 11.1 Å². The van der Waals surface area contributed by atoms with Gasteiger partial charge >= 0.3 is 0 Å². The maximum Gasteiger partial charge on any atom is 0.239 e. The van der Waals surface area contributed by atoms with Crippen molar-refractivity contribution in [2.45, 2.75) is 11.7 Å². The minimum absolute atomic E-state index is 0.0700. The zero-order chi connectivity index (χ0) is 16.9. The predicted octanol–water partition coefficient (Wildman–Crippen LogP) is 3.32. The van der Waals surface area contributed by atoms with Crippen LogP contribution in [0.25, 0.3) is 0 Å². The molecule has 5 nitrogen and oxygen atoms in total. The number of benzene rings is 2. The van der Waals surface area contributed by atoms with Crippen LogP contribution in [0.2, 0.25) is 0 Å². The minimum Gasteiger partial charge on any atom is -0.507 e. The third-order valence-electron chi connectivity index (χ3n) is 3.39. The Bertz CT molecular complexity index is 806. The summed E-state index contributed by atoms with van der Waals surface area (Å²) in [6.07, 6.45) is 2.09. The Morgan fingerprint density at radius 1 is 1.21 bits per heavy atom. The topological polar surface area (TPSA) is 74.0 Å². The molecule has 3 rings (SSSR count). The third kappa shape index (κ3) is 4.24. The van der Waals surface area contributed by atoms with Gasteiger partial charge in [-0.2, -0.15) is 5.10 Å². The summed E-state index contributed by atoms with van der Waals surface area (Å²) in [5, 5.41) is 20.6. The van der Waals surface area contributed by atoms with Crippen molar-refractivity contribution in [2.24, 2.45) is 10.2 Å². The predicted molar refractivity (Wildman–Crippen MR) is 101 cm³/mol. The van der Waals surface area contributed by atoms with E-state index in [4.69, 9.17) is 0 Å². The van der Waals surface area contributed by atoms with Crippen molar-refractivity contribution in [2.75, 3.05) is 0 Å². The molecule has 0 saturated carbocycles.